The van der Waals surface area contributed by atoms with Gasteiger partial charge in [0.25, 0.3) is 0 Å². The Morgan fingerprint density at radius 3 is 2.62 bits per heavy atom. The first-order valence-corrected chi connectivity index (χ1v) is 8.27. The fourth-order valence-corrected chi connectivity index (χ4v) is 3.52. The third-order valence-corrected chi connectivity index (χ3v) is 4.63. The van der Waals surface area contributed by atoms with E-state index >= 15 is 0 Å². The number of hydrogen-bond donors (Lipinski definition) is 1. The molecule has 21 heavy (non-hydrogen) atoms. The smallest absolute Gasteiger partial charge is 0.308 e. The van der Waals surface area contributed by atoms with Gasteiger partial charge in [-0.05, 0) is 25.2 Å². The summed E-state index contributed by atoms with van der Waals surface area (Å²) < 4.78 is 1.93. The molecule has 1 heterocycles. The number of hydrogen-bond acceptors (Lipinski definition) is 3. The first-order valence-electron chi connectivity index (χ1n) is 8.27. The molecular weight excluding hydrogens is 266 g/mol. The minimum atomic E-state index is -0.689. The second kappa shape index (κ2) is 7.05. The molecule has 0 bridgehead atoms. The van der Waals surface area contributed by atoms with Gasteiger partial charge in [-0.3, -0.25) is 4.79 Å². The molecule has 0 spiro atoms. The van der Waals surface area contributed by atoms with E-state index in [2.05, 4.69) is 23.9 Å². The van der Waals surface area contributed by atoms with Crippen molar-refractivity contribution in [2.75, 3.05) is 0 Å². The zero-order chi connectivity index (χ0) is 15.4. The third-order valence-electron chi connectivity index (χ3n) is 4.63. The van der Waals surface area contributed by atoms with Crippen molar-refractivity contribution in [1.29, 1.82) is 0 Å². The maximum Gasteiger partial charge on any atom is 0.308 e. The second-order valence-corrected chi connectivity index (χ2v) is 6.08. The van der Waals surface area contributed by atoms with Gasteiger partial charge in [0.2, 0.25) is 0 Å². The van der Waals surface area contributed by atoms with E-state index in [9.17, 15) is 9.90 Å². The van der Waals surface area contributed by atoms with Gasteiger partial charge in [0.1, 0.15) is 5.82 Å². The highest BCUT2D eigenvalue weighted by Crippen LogP contribution is 2.39. The number of aliphatic carboxylic acids is 1. The summed E-state index contributed by atoms with van der Waals surface area (Å²) in [6.07, 6.45) is 6.64. The van der Waals surface area contributed by atoms with E-state index in [-0.39, 0.29) is 12.0 Å². The number of nitrogens with zero attached hydrogens (tertiary/aromatic N) is 3. The molecule has 0 saturated heterocycles. The zero-order valence-electron chi connectivity index (χ0n) is 13.4. The van der Waals surface area contributed by atoms with Gasteiger partial charge in [-0.25, -0.2) is 9.67 Å². The van der Waals surface area contributed by atoms with Crippen molar-refractivity contribution in [3.05, 3.63) is 11.6 Å². The molecule has 0 radical (unpaired) electrons. The lowest BCUT2D eigenvalue weighted by molar-refractivity contribution is -0.145. The van der Waals surface area contributed by atoms with Gasteiger partial charge in [0.05, 0.1) is 12.0 Å². The van der Waals surface area contributed by atoms with Crippen molar-refractivity contribution in [2.24, 2.45) is 11.8 Å². The predicted octanol–water partition coefficient (Wildman–Crippen LogP) is 3.25. The van der Waals surface area contributed by atoms with Gasteiger partial charge in [-0.15, -0.1) is 0 Å². The molecular formula is C16H27N3O2. The summed E-state index contributed by atoms with van der Waals surface area (Å²) in [5.74, 6) is 1.36. The van der Waals surface area contributed by atoms with Gasteiger partial charge in [-0.1, -0.05) is 33.6 Å². The van der Waals surface area contributed by atoms with Crippen LogP contribution in [0.3, 0.4) is 0 Å². The first kappa shape index (κ1) is 16.0. The van der Waals surface area contributed by atoms with Crippen molar-refractivity contribution in [3.63, 3.8) is 0 Å². The molecule has 1 aromatic rings. The predicted molar refractivity (Wildman–Crippen MR) is 81.2 cm³/mol. The van der Waals surface area contributed by atoms with E-state index < -0.39 is 5.97 Å². The summed E-state index contributed by atoms with van der Waals surface area (Å²) in [5.41, 5.74) is 0. The molecule has 0 aromatic carbocycles. The topological polar surface area (TPSA) is 68.0 Å². The highest BCUT2D eigenvalue weighted by Gasteiger charge is 2.37. The molecule has 0 amide bonds. The van der Waals surface area contributed by atoms with Crippen molar-refractivity contribution in [3.8, 4) is 0 Å². The Morgan fingerprint density at radius 2 is 2.05 bits per heavy atom. The number of rotatable bonds is 6. The maximum absolute atomic E-state index is 11.6. The van der Waals surface area contributed by atoms with Crippen LogP contribution in [-0.4, -0.2) is 25.8 Å². The normalized spacial score (nSPS) is 26.0. The molecule has 1 aliphatic rings. The van der Waals surface area contributed by atoms with Crippen molar-refractivity contribution >= 4 is 5.97 Å². The van der Waals surface area contributed by atoms with Gasteiger partial charge in [0.15, 0.2) is 5.82 Å². The summed E-state index contributed by atoms with van der Waals surface area (Å²) in [5, 5.41) is 14.1. The van der Waals surface area contributed by atoms with Crippen LogP contribution in [0.2, 0.25) is 0 Å². The van der Waals surface area contributed by atoms with Gasteiger partial charge in [0, 0.05) is 12.8 Å². The molecule has 2 rings (SSSR count). The number of aryl methyl sites for hydroxylation is 2. The van der Waals surface area contributed by atoms with Crippen LogP contribution in [0, 0.1) is 11.8 Å². The Morgan fingerprint density at radius 1 is 1.29 bits per heavy atom. The molecule has 0 aliphatic heterocycles. The summed E-state index contributed by atoms with van der Waals surface area (Å²) in [6.45, 7) is 6.29. The highest BCUT2D eigenvalue weighted by atomic mass is 16.4. The van der Waals surface area contributed by atoms with Crippen LogP contribution in [0.1, 0.15) is 70.6 Å². The first-order chi connectivity index (χ1) is 10.1. The van der Waals surface area contributed by atoms with Crippen LogP contribution in [0.4, 0.5) is 0 Å². The third kappa shape index (κ3) is 3.44. The molecule has 1 fully saturated rings. The van der Waals surface area contributed by atoms with E-state index in [1.165, 1.54) is 6.42 Å². The lowest BCUT2D eigenvalue weighted by atomic mass is 9.76. The molecule has 1 aliphatic carbocycles. The lowest BCUT2D eigenvalue weighted by Crippen LogP contribution is -2.34. The average Bonchev–Trinajstić information content (AvgIpc) is 2.90. The molecule has 3 atom stereocenters. The SMILES string of the molecule is CCCC1CCC(C(=O)O)C(n2nc(CC)nc2CC)C1. The number of carbonyl (C=O) groups is 1. The van der Waals surface area contributed by atoms with E-state index in [1.807, 2.05) is 11.6 Å². The molecule has 5 nitrogen and oxygen atoms in total. The Balaban J connectivity index is 2.30. The summed E-state index contributed by atoms with van der Waals surface area (Å²) >= 11 is 0. The fraction of sp³-hybridized carbons (Fsp3) is 0.812. The van der Waals surface area contributed by atoms with Crippen LogP contribution in [0.25, 0.3) is 0 Å². The Labute approximate surface area is 126 Å². The van der Waals surface area contributed by atoms with Gasteiger partial charge >= 0.3 is 5.97 Å². The van der Waals surface area contributed by atoms with E-state index in [4.69, 9.17) is 0 Å². The van der Waals surface area contributed by atoms with Crippen molar-refractivity contribution in [2.45, 2.75) is 71.8 Å². The quantitative estimate of drug-likeness (QED) is 0.874. The standard InChI is InChI=1S/C16H27N3O2/c1-4-7-11-8-9-12(16(20)21)13(10-11)19-15(6-3)17-14(5-2)18-19/h11-13H,4-10H2,1-3H3,(H,20,21). The molecule has 118 valence electrons. The maximum atomic E-state index is 11.6. The van der Waals surface area contributed by atoms with Crippen molar-refractivity contribution < 1.29 is 9.90 Å². The number of carboxylic acid groups (broad SMARTS) is 1. The molecule has 1 aromatic heterocycles. The Hall–Kier alpha value is -1.39. The molecule has 3 unspecified atom stereocenters. The number of carboxylic acids is 1. The van der Waals surface area contributed by atoms with Crippen LogP contribution >= 0.6 is 0 Å². The monoisotopic (exact) mass is 293 g/mol. The zero-order valence-corrected chi connectivity index (χ0v) is 13.4. The van der Waals surface area contributed by atoms with Crippen molar-refractivity contribution in [1.82, 2.24) is 14.8 Å². The summed E-state index contributed by atoms with van der Waals surface area (Å²) in [4.78, 5) is 16.2. The van der Waals surface area contributed by atoms with Gasteiger partial charge in [-0.2, -0.15) is 5.10 Å². The van der Waals surface area contributed by atoms with E-state index in [0.29, 0.717) is 5.92 Å². The largest absolute Gasteiger partial charge is 0.481 e. The van der Waals surface area contributed by atoms with E-state index in [1.54, 1.807) is 0 Å². The molecule has 1 saturated carbocycles. The molecule has 5 heteroatoms. The summed E-state index contributed by atoms with van der Waals surface area (Å²) in [7, 11) is 0. The highest BCUT2D eigenvalue weighted by molar-refractivity contribution is 5.70. The lowest BCUT2D eigenvalue weighted by Gasteiger charge is -2.34. The fourth-order valence-electron chi connectivity index (χ4n) is 3.52. The van der Waals surface area contributed by atoms with Crippen LogP contribution in [0.15, 0.2) is 0 Å². The van der Waals surface area contributed by atoms with E-state index in [0.717, 1.165) is 50.2 Å². The second-order valence-electron chi connectivity index (χ2n) is 6.08. The average molecular weight is 293 g/mol. The minimum Gasteiger partial charge on any atom is -0.481 e. The Bertz CT molecular complexity index is 484. The Kier molecular flexibility index (Phi) is 5.37. The van der Waals surface area contributed by atoms with Gasteiger partial charge < -0.3 is 5.11 Å². The minimum absolute atomic E-state index is 0.0319. The molecule has 1 N–H and O–H groups in total. The summed E-state index contributed by atoms with van der Waals surface area (Å²) in [6, 6.07) is -0.0319. The van der Waals surface area contributed by atoms with Crippen LogP contribution in [0.5, 0.6) is 0 Å². The van der Waals surface area contributed by atoms with Crippen LogP contribution < -0.4 is 0 Å². The number of aromatic nitrogens is 3. The van der Waals surface area contributed by atoms with Crippen LogP contribution in [-0.2, 0) is 17.6 Å².